The van der Waals surface area contributed by atoms with Crippen molar-refractivity contribution in [2.24, 2.45) is 5.73 Å². The highest BCUT2D eigenvalue weighted by molar-refractivity contribution is 7.07. The molecule has 1 atom stereocenters. The number of hydrogen-bond acceptors (Lipinski definition) is 4. The first kappa shape index (κ1) is 16.7. The van der Waals surface area contributed by atoms with Crippen molar-refractivity contribution >= 4 is 22.1 Å². The molecule has 0 fully saturated rings. The number of thiazole rings is 1. The number of rotatable bonds is 7. The van der Waals surface area contributed by atoms with Crippen LogP contribution in [0.2, 0.25) is 0 Å². The Morgan fingerprint density at radius 3 is 2.71 bits per heavy atom. The molecule has 3 rings (SSSR count). The first-order valence-electron chi connectivity index (χ1n) is 8.24. The molecule has 0 saturated carbocycles. The molecule has 126 valence electrons. The van der Waals surface area contributed by atoms with Gasteiger partial charge >= 0.3 is 4.87 Å². The van der Waals surface area contributed by atoms with Crippen LogP contribution in [0.3, 0.4) is 0 Å². The molecule has 0 spiro atoms. The van der Waals surface area contributed by atoms with Crippen molar-refractivity contribution in [3.63, 3.8) is 0 Å². The number of aromatic nitrogens is 1. The number of unbranched alkanes of at least 4 members (excludes halogenated alkanes) is 1. The predicted octanol–water partition coefficient (Wildman–Crippen LogP) is 3.51. The molecule has 1 aromatic heterocycles. The van der Waals surface area contributed by atoms with Crippen molar-refractivity contribution in [2.45, 2.75) is 38.3 Å². The summed E-state index contributed by atoms with van der Waals surface area (Å²) in [5, 5.41) is 13.6. The fraction of sp³-hybridized carbons (Fsp3) is 0.316. The van der Waals surface area contributed by atoms with Crippen molar-refractivity contribution < 1.29 is 5.11 Å². The standard InChI is InChI=1S/C19H22N2O2S/c20-16(9-3-4-11-21-18(22)13-24-19(21)23)12-15-8-5-7-14-6-1-2-10-17(14)15/h1-2,5-8,10,13,16,22H,3-4,9,11-12,20H2. The van der Waals surface area contributed by atoms with Crippen molar-refractivity contribution in [1.82, 2.24) is 4.57 Å². The van der Waals surface area contributed by atoms with Crippen LogP contribution in [0.4, 0.5) is 0 Å². The molecule has 0 amide bonds. The molecule has 3 aromatic rings. The molecule has 0 aliphatic carbocycles. The summed E-state index contributed by atoms with van der Waals surface area (Å²) in [6, 6.07) is 14.8. The van der Waals surface area contributed by atoms with Gasteiger partial charge in [0, 0.05) is 12.6 Å². The smallest absolute Gasteiger partial charge is 0.309 e. The zero-order valence-corrected chi connectivity index (χ0v) is 14.3. The van der Waals surface area contributed by atoms with Crippen LogP contribution >= 0.6 is 11.3 Å². The molecular weight excluding hydrogens is 320 g/mol. The van der Waals surface area contributed by atoms with E-state index in [4.69, 9.17) is 5.73 Å². The van der Waals surface area contributed by atoms with Crippen LogP contribution in [0.5, 0.6) is 5.88 Å². The van der Waals surface area contributed by atoms with Crippen LogP contribution in [-0.4, -0.2) is 15.7 Å². The molecule has 0 bridgehead atoms. The van der Waals surface area contributed by atoms with Gasteiger partial charge in [0.05, 0.1) is 5.38 Å². The molecule has 4 nitrogen and oxygen atoms in total. The first-order chi connectivity index (χ1) is 11.6. The number of fused-ring (bicyclic) bond motifs is 1. The summed E-state index contributed by atoms with van der Waals surface area (Å²) in [5.41, 5.74) is 7.58. The van der Waals surface area contributed by atoms with Crippen molar-refractivity contribution in [3.8, 4) is 5.88 Å². The highest BCUT2D eigenvalue weighted by atomic mass is 32.1. The Morgan fingerprint density at radius 1 is 1.12 bits per heavy atom. The minimum Gasteiger partial charge on any atom is -0.494 e. The van der Waals surface area contributed by atoms with Crippen LogP contribution < -0.4 is 10.6 Å². The normalized spacial score (nSPS) is 12.5. The summed E-state index contributed by atoms with van der Waals surface area (Å²) in [4.78, 5) is 11.4. The maximum Gasteiger partial charge on any atom is 0.309 e. The molecular formula is C19H22N2O2S. The zero-order valence-electron chi connectivity index (χ0n) is 13.5. The molecule has 0 aliphatic heterocycles. The highest BCUT2D eigenvalue weighted by Crippen LogP contribution is 2.20. The molecule has 0 radical (unpaired) electrons. The second-order valence-electron chi connectivity index (χ2n) is 6.11. The Balaban J connectivity index is 1.52. The monoisotopic (exact) mass is 342 g/mol. The molecule has 24 heavy (non-hydrogen) atoms. The summed E-state index contributed by atoms with van der Waals surface area (Å²) in [6.45, 7) is 0.551. The van der Waals surface area contributed by atoms with Gasteiger partial charge in [-0.3, -0.25) is 9.36 Å². The topological polar surface area (TPSA) is 68.2 Å². The molecule has 0 aliphatic rings. The lowest BCUT2D eigenvalue weighted by Crippen LogP contribution is -2.23. The largest absolute Gasteiger partial charge is 0.494 e. The summed E-state index contributed by atoms with van der Waals surface area (Å²) < 4.78 is 1.42. The van der Waals surface area contributed by atoms with Crippen molar-refractivity contribution in [3.05, 3.63) is 63.1 Å². The second kappa shape index (κ2) is 7.64. The van der Waals surface area contributed by atoms with Crippen LogP contribution in [0, 0.1) is 0 Å². The van der Waals surface area contributed by atoms with Gasteiger partial charge in [-0.05, 0) is 35.6 Å². The van der Waals surface area contributed by atoms with Gasteiger partial charge in [-0.25, -0.2) is 0 Å². The van der Waals surface area contributed by atoms with Crippen LogP contribution in [-0.2, 0) is 13.0 Å². The Labute approximate surface area is 145 Å². The van der Waals surface area contributed by atoms with Gasteiger partial charge in [-0.2, -0.15) is 0 Å². The van der Waals surface area contributed by atoms with Gasteiger partial charge in [0.15, 0.2) is 0 Å². The average molecular weight is 342 g/mol. The summed E-state index contributed by atoms with van der Waals surface area (Å²) in [5.74, 6) is 0.0602. The van der Waals surface area contributed by atoms with E-state index in [1.807, 2.05) is 6.07 Å². The lowest BCUT2D eigenvalue weighted by Gasteiger charge is -2.13. The average Bonchev–Trinajstić information content (AvgIpc) is 2.90. The summed E-state index contributed by atoms with van der Waals surface area (Å²) in [6.07, 6.45) is 3.54. The third kappa shape index (κ3) is 3.86. The van der Waals surface area contributed by atoms with Crippen molar-refractivity contribution in [2.75, 3.05) is 0 Å². The fourth-order valence-corrected chi connectivity index (χ4v) is 3.71. The number of aromatic hydroxyl groups is 1. The second-order valence-corrected chi connectivity index (χ2v) is 6.93. The van der Waals surface area contributed by atoms with E-state index in [1.54, 1.807) is 0 Å². The van der Waals surface area contributed by atoms with Gasteiger partial charge in [0.1, 0.15) is 0 Å². The van der Waals surface area contributed by atoms with E-state index in [0.29, 0.717) is 6.54 Å². The molecule has 1 unspecified atom stereocenters. The number of hydrogen-bond donors (Lipinski definition) is 2. The summed E-state index contributed by atoms with van der Waals surface area (Å²) >= 11 is 1.03. The summed E-state index contributed by atoms with van der Waals surface area (Å²) in [7, 11) is 0. The fourth-order valence-electron chi connectivity index (χ4n) is 3.06. The van der Waals surface area contributed by atoms with Crippen LogP contribution in [0.25, 0.3) is 10.8 Å². The van der Waals surface area contributed by atoms with E-state index >= 15 is 0 Å². The van der Waals surface area contributed by atoms with Gasteiger partial charge < -0.3 is 10.8 Å². The maximum atomic E-state index is 11.5. The molecule has 0 saturated heterocycles. The van der Waals surface area contributed by atoms with E-state index in [1.165, 1.54) is 26.3 Å². The molecule has 3 N–H and O–H groups in total. The van der Waals surface area contributed by atoms with Gasteiger partial charge in [0.2, 0.25) is 5.88 Å². The highest BCUT2D eigenvalue weighted by Gasteiger charge is 2.08. The number of benzene rings is 2. The first-order valence-corrected chi connectivity index (χ1v) is 9.12. The van der Waals surface area contributed by atoms with Crippen LogP contribution in [0.1, 0.15) is 24.8 Å². The minimum absolute atomic E-state index is 0.0602. The number of nitrogens with two attached hydrogens (primary N) is 1. The lowest BCUT2D eigenvalue weighted by atomic mass is 9.97. The zero-order chi connectivity index (χ0) is 16.9. The lowest BCUT2D eigenvalue weighted by molar-refractivity contribution is 0.404. The van der Waals surface area contributed by atoms with E-state index < -0.39 is 0 Å². The molecule has 1 heterocycles. The van der Waals surface area contributed by atoms with Gasteiger partial charge in [-0.15, -0.1) is 0 Å². The van der Waals surface area contributed by atoms with E-state index in [2.05, 4.69) is 36.4 Å². The number of nitrogens with zero attached hydrogens (tertiary/aromatic N) is 1. The van der Waals surface area contributed by atoms with Crippen molar-refractivity contribution in [1.29, 1.82) is 0 Å². The SMILES string of the molecule is NC(CCCCn1c(O)csc1=O)Cc1cccc2ccccc12. The van der Waals surface area contributed by atoms with E-state index in [9.17, 15) is 9.90 Å². The molecule has 5 heteroatoms. The Morgan fingerprint density at radius 2 is 1.92 bits per heavy atom. The Kier molecular flexibility index (Phi) is 5.33. The van der Waals surface area contributed by atoms with E-state index in [-0.39, 0.29) is 16.8 Å². The Hall–Kier alpha value is -2.11. The van der Waals surface area contributed by atoms with Crippen LogP contribution in [0.15, 0.2) is 52.6 Å². The maximum absolute atomic E-state index is 11.5. The molecule has 2 aromatic carbocycles. The predicted molar refractivity (Wildman–Crippen MR) is 99.7 cm³/mol. The van der Waals surface area contributed by atoms with Gasteiger partial charge in [-0.1, -0.05) is 60.2 Å². The third-order valence-electron chi connectivity index (χ3n) is 4.33. The third-order valence-corrected chi connectivity index (χ3v) is 5.08. The Bertz CT molecular complexity index is 864. The quantitative estimate of drug-likeness (QED) is 0.646. The minimum atomic E-state index is -0.104. The van der Waals surface area contributed by atoms with E-state index in [0.717, 1.165) is 37.0 Å². The van der Waals surface area contributed by atoms with Gasteiger partial charge in [0.25, 0.3) is 0 Å².